The van der Waals surface area contributed by atoms with Crippen molar-refractivity contribution in [2.45, 2.75) is 39.2 Å². The van der Waals surface area contributed by atoms with Gasteiger partial charge in [0.25, 0.3) is 0 Å². The Labute approximate surface area is 108 Å². The molecule has 2 unspecified atom stereocenters. The zero-order valence-electron chi connectivity index (χ0n) is 11.0. The molecular weight excluding hydrogens is 228 g/mol. The zero-order chi connectivity index (χ0) is 13.5. The van der Waals surface area contributed by atoms with E-state index in [0.717, 1.165) is 12.8 Å². The van der Waals surface area contributed by atoms with Crippen LogP contribution in [0.4, 0.5) is 0 Å². The van der Waals surface area contributed by atoms with Crippen LogP contribution >= 0.6 is 0 Å². The minimum absolute atomic E-state index is 0.0252. The predicted octanol–water partition coefficient (Wildman–Crippen LogP) is 2.73. The van der Waals surface area contributed by atoms with E-state index >= 15 is 0 Å². The van der Waals surface area contributed by atoms with Gasteiger partial charge in [0.1, 0.15) is 0 Å². The van der Waals surface area contributed by atoms with Crippen molar-refractivity contribution in [1.29, 1.82) is 0 Å². The maximum Gasteiger partial charge on any atom is 0.309 e. The van der Waals surface area contributed by atoms with Gasteiger partial charge in [-0.2, -0.15) is 0 Å². The second-order valence-electron chi connectivity index (χ2n) is 5.06. The van der Waals surface area contributed by atoms with Crippen molar-refractivity contribution >= 4 is 5.97 Å². The second kappa shape index (κ2) is 7.17. The number of hydrogen-bond donors (Lipinski definition) is 2. The SMILES string of the molecule is CC(C)C(O)C(CCCc1ccccc1)C(=O)O. The molecule has 0 aliphatic carbocycles. The fourth-order valence-electron chi connectivity index (χ4n) is 2.08. The van der Waals surface area contributed by atoms with Crippen LogP contribution in [-0.2, 0) is 11.2 Å². The number of aryl methyl sites for hydroxylation is 1. The van der Waals surface area contributed by atoms with Crippen LogP contribution in [0.2, 0.25) is 0 Å². The Hall–Kier alpha value is -1.35. The van der Waals surface area contributed by atoms with Crippen LogP contribution < -0.4 is 0 Å². The van der Waals surface area contributed by atoms with Crippen molar-refractivity contribution in [3.8, 4) is 0 Å². The highest BCUT2D eigenvalue weighted by Gasteiger charge is 2.28. The molecule has 0 bridgehead atoms. The fourth-order valence-corrected chi connectivity index (χ4v) is 2.08. The molecule has 0 spiro atoms. The Bertz CT molecular complexity index is 359. The van der Waals surface area contributed by atoms with Crippen LogP contribution in [0.15, 0.2) is 30.3 Å². The average Bonchev–Trinajstić information content (AvgIpc) is 2.34. The summed E-state index contributed by atoms with van der Waals surface area (Å²) in [5.41, 5.74) is 1.21. The largest absolute Gasteiger partial charge is 0.481 e. The molecule has 3 nitrogen and oxygen atoms in total. The van der Waals surface area contributed by atoms with Gasteiger partial charge in [0.15, 0.2) is 0 Å². The number of carboxylic acids is 1. The number of aliphatic hydroxyl groups is 1. The summed E-state index contributed by atoms with van der Waals surface area (Å²) in [5.74, 6) is -1.58. The van der Waals surface area contributed by atoms with Crippen molar-refractivity contribution in [3.05, 3.63) is 35.9 Å². The molecule has 2 atom stereocenters. The van der Waals surface area contributed by atoms with Gasteiger partial charge in [0, 0.05) is 0 Å². The first-order valence-corrected chi connectivity index (χ1v) is 6.47. The molecule has 3 heteroatoms. The summed E-state index contributed by atoms with van der Waals surface area (Å²) in [6.45, 7) is 3.69. The van der Waals surface area contributed by atoms with Gasteiger partial charge >= 0.3 is 5.97 Å². The molecule has 0 heterocycles. The molecule has 1 aromatic rings. The molecule has 1 rings (SSSR count). The first-order valence-electron chi connectivity index (χ1n) is 6.47. The standard InChI is InChI=1S/C15H22O3/c1-11(2)14(16)13(15(17)18)10-6-9-12-7-4-3-5-8-12/h3-5,7-8,11,13-14,16H,6,9-10H2,1-2H3,(H,17,18). The lowest BCUT2D eigenvalue weighted by Gasteiger charge is -2.22. The summed E-state index contributed by atoms with van der Waals surface area (Å²) in [7, 11) is 0. The Kier molecular flexibility index (Phi) is 5.86. The van der Waals surface area contributed by atoms with Crippen molar-refractivity contribution in [2.75, 3.05) is 0 Å². The van der Waals surface area contributed by atoms with Crippen LogP contribution in [0.25, 0.3) is 0 Å². The third-order valence-corrected chi connectivity index (χ3v) is 3.24. The minimum Gasteiger partial charge on any atom is -0.481 e. The highest BCUT2D eigenvalue weighted by atomic mass is 16.4. The fraction of sp³-hybridized carbons (Fsp3) is 0.533. The van der Waals surface area contributed by atoms with E-state index in [9.17, 15) is 9.90 Å². The molecule has 0 fully saturated rings. The third-order valence-electron chi connectivity index (χ3n) is 3.24. The summed E-state index contributed by atoms with van der Waals surface area (Å²) < 4.78 is 0. The lowest BCUT2D eigenvalue weighted by molar-refractivity contribution is -0.147. The first kappa shape index (κ1) is 14.7. The normalized spacial score (nSPS) is 14.4. The van der Waals surface area contributed by atoms with E-state index in [1.165, 1.54) is 5.56 Å². The lowest BCUT2D eigenvalue weighted by Crippen LogP contribution is -2.32. The summed E-state index contributed by atoms with van der Waals surface area (Å²) in [6, 6.07) is 10.00. The molecule has 0 aliphatic rings. The number of aliphatic hydroxyl groups excluding tert-OH is 1. The summed E-state index contributed by atoms with van der Waals surface area (Å²) in [4.78, 5) is 11.1. The molecular formula is C15H22O3. The maximum atomic E-state index is 11.1. The van der Waals surface area contributed by atoms with E-state index < -0.39 is 18.0 Å². The van der Waals surface area contributed by atoms with Gasteiger partial charge in [-0.05, 0) is 30.7 Å². The molecule has 0 saturated carbocycles. The van der Waals surface area contributed by atoms with Crippen molar-refractivity contribution in [1.82, 2.24) is 0 Å². The molecule has 0 aliphatic heterocycles. The molecule has 0 saturated heterocycles. The Morgan fingerprint density at radius 1 is 1.22 bits per heavy atom. The van der Waals surface area contributed by atoms with Gasteiger partial charge < -0.3 is 10.2 Å². The molecule has 18 heavy (non-hydrogen) atoms. The van der Waals surface area contributed by atoms with Gasteiger partial charge in [-0.1, -0.05) is 44.2 Å². The van der Waals surface area contributed by atoms with Gasteiger partial charge in [0.05, 0.1) is 12.0 Å². The van der Waals surface area contributed by atoms with E-state index in [-0.39, 0.29) is 5.92 Å². The summed E-state index contributed by atoms with van der Waals surface area (Å²) in [5, 5.41) is 19.0. The molecule has 0 amide bonds. The van der Waals surface area contributed by atoms with E-state index in [2.05, 4.69) is 0 Å². The highest BCUT2D eigenvalue weighted by Crippen LogP contribution is 2.19. The van der Waals surface area contributed by atoms with Crippen molar-refractivity contribution in [2.24, 2.45) is 11.8 Å². The van der Waals surface area contributed by atoms with E-state index in [4.69, 9.17) is 5.11 Å². The van der Waals surface area contributed by atoms with Crippen molar-refractivity contribution < 1.29 is 15.0 Å². The monoisotopic (exact) mass is 250 g/mol. The molecule has 0 radical (unpaired) electrons. The smallest absolute Gasteiger partial charge is 0.309 e. The van der Waals surface area contributed by atoms with Crippen LogP contribution in [0.5, 0.6) is 0 Å². The maximum absolute atomic E-state index is 11.1. The highest BCUT2D eigenvalue weighted by molar-refractivity contribution is 5.70. The Balaban J connectivity index is 2.46. The summed E-state index contributed by atoms with van der Waals surface area (Å²) >= 11 is 0. The van der Waals surface area contributed by atoms with Crippen LogP contribution in [0.1, 0.15) is 32.3 Å². The Morgan fingerprint density at radius 2 is 1.83 bits per heavy atom. The van der Waals surface area contributed by atoms with Crippen LogP contribution in [0.3, 0.4) is 0 Å². The van der Waals surface area contributed by atoms with Crippen LogP contribution in [0, 0.1) is 11.8 Å². The average molecular weight is 250 g/mol. The second-order valence-corrected chi connectivity index (χ2v) is 5.06. The van der Waals surface area contributed by atoms with Gasteiger partial charge in [-0.25, -0.2) is 0 Å². The quantitative estimate of drug-likeness (QED) is 0.782. The zero-order valence-corrected chi connectivity index (χ0v) is 11.0. The van der Waals surface area contributed by atoms with Gasteiger partial charge in [0.2, 0.25) is 0 Å². The number of carbonyl (C=O) groups is 1. The molecule has 1 aromatic carbocycles. The van der Waals surface area contributed by atoms with E-state index in [0.29, 0.717) is 6.42 Å². The molecule has 100 valence electrons. The van der Waals surface area contributed by atoms with E-state index in [1.54, 1.807) is 0 Å². The Morgan fingerprint density at radius 3 is 2.33 bits per heavy atom. The summed E-state index contributed by atoms with van der Waals surface area (Å²) in [6.07, 6.45) is 1.39. The van der Waals surface area contributed by atoms with Gasteiger partial charge in [-0.3, -0.25) is 4.79 Å². The number of hydrogen-bond acceptors (Lipinski definition) is 2. The van der Waals surface area contributed by atoms with E-state index in [1.807, 2.05) is 44.2 Å². The van der Waals surface area contributed by atoms with Crippen molar-refractivity contribution in [3.63, 3.8) is 0 Å². The number of rotatable bonds is 7. The lowest BCUT2D eigenvalue weighted by atomic mass is 9.88. The molecule has 2 N–H and O–H groups in total. The predicted molar refractivity (Wildman–Crippen MR) is 71.4 cm³/mol. The molecule has 0 aromatic heterocycles. The minimum atomic E-state index is -0.899. The van der Waals surface area contributed by atoms with Gasteiger partial charge in [-0.15, -0.1) is 0 Å². The first-order chi connectivity index (χ1) is 8.52. The third kappa shape index (κ3) is 4.49. The topological polar surface area (TPSA) is 57.5 Å². The number of aliphatic carboxylic acids is 1. The van der Waals surface area contributed by atoms with Crippen LogP contribution in [-0.4, -0.2) is 22.3 Å². The number of benzene rings is 1. The number of carboxylic acid groups (broad SMARTS) is 1.